The lowest BCUT2D eigenvalue weighted by Gasteiger charge is -2.38. The molecule has 0 radical (unpaired) electrons. The van der Waals surface area contributed by atoms with E-state index in [1.807, 2.05) is 47.5 Å². The minimum atomic E-state index is -0.379. The lowest BCUT2D eigenvalue weighted by atomic mass is 9.95. The van der Waals surface area contributed by atoms with E-state index in [2.05, 4.69) is 31.2 Å². The van der Waals surface area contributed by atoms with E-state index in [1.165, 1.54) is 5.56 Å². The Bertz CT molecular complexity index is 1080. The summed E-state index contributed by atoms with van der Waals surface area (Å²) in [5.41, 5.74) is 5.36. The molecule has 2 aliphatic rings. The molecule has 0 amide bonds. The predicted octanol–water partition coefficient (Wildman–Crippen LogP) is 6.54. The van der Waals surface area contributed by atoms with Crippen LogP contribution in [0.1, 0.15) is 40.9 Å². The smallest absolute Gasteiger partial charge is 0.215 e. The molecular formula is C23H18Cl2N2O. The Hall–Kier alpha value is -2.49. The Morgan fingerprint density at radius 1 is 0.964 bits per heavy atom. The number of rotatable bonds is 2. The topological polar surface area (TPSA) is 24.8 Å². The summed E-state index contributed by atoms with van der Waals surface area (Å²) in [5.74, 6) is 0.830. The van der Waals surface area contributed by atoms with E-state index >= 15 is 0 Å². The molecule has 5 rings (SSSR count). The first-order valence-corrected chi connectivity index (χ1v) is 9.99. The molecule has 2 aliphatic heterocycles. The van der Waals surface area contributed by atoms with Crippen molar-refractivity contribution in [1.82, 2.24) is 5.01 Å². The highest BCUT2D eigenvalue weighted by Crippen LogP contribution is 2.49. The van der Waals surface area contributed by atoms with Gasteiger partial charge in [-0.05, 0) is 36.8 Å². The number of aryl methyl sites for hydroxylation is 1. The van der Waals surface area contributed by atoms with Crippen molar-refractivity contribution in [1.29, 1.82) is 0 Å². The van der Waals surface area contributed by atoms with Crippen LogP contribution in [0.5, 0.6) is 5.75 Å². The van der Waals surface area contributed by atoms with E-state index in [-0.39, 0.29) is 12.3 Å². The van der Waals surface area contributed by atoms with E-state index in [0.29, 0.717) is 10.0 Å². The molecule has 5 heteroatoms. The highest BCUT2D eigenvalue weighted by Gasteiger charge is 2.41. The lowest BCUT2D eigenvalue weighted by Crippen LogP contribution is -2.33. The van der Waals surface area contributed by atoms with Gasteiger partial charge in [-0.3, -0.25) is 0 Å². The normalized spacial score (nSPS) is 20.2. The van der Waals surface area contributed by atoms with Gasteiger partial charge in [0.1, 0.15) is 5.75 Å². The Kier molecular flexibility index (Phi) is 4.30. The largest absolute Gasteiger partial charge is 0.464 e. The minimum absolute atomic E-state index is 0.0556. The van der Waals surface area contributed by atoms with Crippen molar-refractivity contribution in [3.8, 4) is 5.75 Å². The Morgan fingerprint density at radius 2 is 1.75 bits per heavy atom. The molecule has 3 aromatic carbocycles. The number of benzene rings is 3. The molecule has 2 heterocycles. The Labute approximate surface area is 174 Å². The minimum Gasteiger partial charge on any atom is -0.464 e. The van der Waals surface area contributed by atoms with Gasteiger partial charge in [0.15, 0.2) is 0 Å². The van der Waals surface area contributed by atoms with E-state index in [0.717, 1.165) is 34.6 Å². The number of hydrogen-bond acceptors (Lipinski definition) is 3. The molecule has 28 heavy (non-hydrogen) atoms. The van der Waals surface area contributed by atoms with Crippen molar-refractivity contribution in [2.24, 2.45) is 5.10 Å². The summed E-state index contributed by atoms with van der Waals surface area (Å²) in [5, 5.41) is 8.35. The van der Waals surface area contributed by atoms with Gasteiger partial charge in [0.2, 0.25) is 6.23 Å². The van der Waals surface area contributed by atoms with Gasteiger partial charge < -0.3 is 4.74 Å². The molecule has 3 aromatic rings. The number of hydrogen-bond donors (Lipinski definition) is 0. The van der Waals surface area contributed by atoms with E-state index in [1.54, 1.807) is 0 Å². The van der Waals surface area contributed by atoms with Crippen LogP contribution in [0.25, 0.3) is 0 Å². The third-order valence-electron chi connectivity index (χ3n) is 5.31. The molecule has 0 aromatic heterocycles. The number of ether oxygens (including phenoxy) is 1. The molecule has 0 saturated carbocycles. The van der Waals surface area contributed by atoms with E-state index in [4.69, 9.17) is 33.0 Å². The predicted molar refractivity (Wildman–Crippen MR) is 113 cm³/mol. The molecular weight excluding hydrogens is 391 g/mol. The molecule has 0 bridgehead atoms. The fourth-order valence-electron chi connectivity index (χ4n) is 3.86. The molecule has 0 aliphatic carbocycles. The third-order valence-corrected chi connectivity index (χ3v) is 5.89. The van der Waals surface area contributed by atoms with Gasteiger partial charge in [-0.15, -0.1) is 0 Å². The van der Waals surface area contributed by atoms with Crippen molar-refractivity contribution in [3.63, 3.8) is 0 Å². The van der Waals surface area contributed by atoms with Crippen LogP contribution < -0.4 is 4.74 Å². The number of fused-ring (bicyclic) bond motifs is 3. The molecule has 2 atom stereocenters. The molecule has 0 unspecified atom stereocenters. The van der Waals surface area contributed by atoms with Crippen LogP contribution in [-0.4, -0.2) is 10.7 Å². The lowest BCUT2D eigenvalue weighted by molar-refractivity contribution is -0.0189. The highest BCUT2D eigenvalue weighted by atomic mass is 35.5. The van der Waals surface area contributed by atoms with Crippen molar-refractivity contribution in [3.05, 3.63) is 99.0 Å². The van der Waals surface area contributed by atoms with Crippen molar-refractivity contribution in [2.75, 3.05) is 0 Å². The van der Waals surface area contributed by atoms with Crippen molar-refractivity contribution >= 4 is 28.9 Å². The summed E-state index contributed by atoms with van der Waals surface area (Å²) in [6, 6.07) is 22.1. The van der Waals surface area contributed by atoms with Crippen LogP contribution in [0.2, 0.25) is 10.0 Å². The van der Waals surface area contributed by atoms with Crippen LogP contribution >= 0.6 is 23.2 Å². The van der Waals surface area contributed by atoms with Crippen LogP contribution in [0.4, 0.5) is 0 Å². The third kappa shape index (κ3) is 2.95. The SMILES string of the molecule is Cc1ccc(C2=NN3[C@H](C2)c2cc(Cl)ccc2O[C@H]3c2ccccc2Cl)cc1. The Balaban J connectivity index is 1.62. The second kappa shape index (κ2) is 6.84. The average Bonchev–Trinajstić information content (AvgIpc) is 3.14. The standard InChI is InChI=1S/C23H18Cl2N2O/c1-14-6-8-15(9-7-14)20-13-21-18-12-16(24)10-11-22(18)28-23(27(21)26-20)17-4-2-3-5-19(17)25/h2-12,21,23H,13H2,1H3/t21-,23+/m1/s1. The highest BCUT2D eigenvalue weighted by molar-refractivity contribution is 6.31. The number of nitrogens with zero attached hydrogens (tertiary/aromatic N) is 2. The Morgan fingerprint density at radius 3 is 2.54 bits per heavy atom. The van der Waals surface area contributed by atoms with Crippen molar-refractivity contribution in [2.45, 2.75) is 25.6 Å². The van der Waals surface area contributed by atoms with Crippen LogP contribution in [0.3, 0.4) is 0 Å². The first kappa shape index (κ1) is 17.6. The summed E-state index contributed by atoms with van der Waals surface area (Å²) in [4.78, 5) is 0. The quantitative estimate of drug-likeness (QED) is 0.480. The van der Waals surface area contributed by atoms with Gasteiger partial charge in [0.25, 0.3) is 0 Å². The van der Waals surface area contributed by atoms with Gasteiger partial charge >= 0.3 is 0 Å². The summed E-state index contributed by atoms with van der Waals surface area (Å²) in [6.07, 6.45) is 0.413. The molecule has 0 spiro atoms. The van der Waals surface area contributed by atoms with E-state index in [9.17, 15) is 0 Å². The summed E-state index contributed by atoms with van der Waals surface area (Å²) >= 11 is 12.8. The zero-order valence-corrected chi connectivity index (χ0v) is 16.8. The zero-order chi connectivity index (χ0) is 19.3. The van der Waals surface area contributed by atoms with Gasteiger partial charge in [-0.1, -0.05) is 71.2 Å². The second-order valence-electron chi connectivity index (χ2n) is 7.19. The van der Waals surface area contributed by atoms with Crippen molar-refractivity contribution < 1.29 is 4.74 Å². The number of hydrazone groups is 1. The molecule has 140 valence electrons. The zero-order valence-electron chi connectivity index (χ0n) is 15.3. The molecule has 0 saturated heterocycles. The average molecular weight is 409 g/mol. The summed E-state index contributed by atoms with van der Waals surface area (Å²) in [6.45, 7) is 2.09. The first-order chi connectivity index (χ1) is 13.6. The van der Waals surface area contributed by atoms with Gasteiger partial charge in [-0.25, -0.2) is 5.01 Å². The molecule has 0 N–H and O–H groups in total. The molecule has 0 fully saturated rings. The summed E-state index contributed by atoms with van der Waals surface area (Å²) < 4.78 is 6.35. The van der Waals surface area contributed by atoms with Gasteiger partial charge in [0.05, 0.1) is 11.8 Å². The fraction of sp³-hybridized carbons (Fsp3) is 0.174. The van der Waals surface area contributed by atoms with Gasteiger partial charge in [-0.2, -0.15) is 5.10 Å². The monoisotopic (exact) mass is 408 g/mol. The van der Waals surface area contributed by atoms with Gasteiger partial charge in [0, 0.05) is 27.6 Å². The first-order valence-electron chi connectivity index (χ1n) is 9.23. The maximum Gasteiger partial charge on any atom is 0.215 e. The maximum absolute atomic E-state index is 6.49. The molecule has 3 nitrogen and oxygen atoms in total. The number of halogens is 2. The van der Waals surface area contributed by atoms with E-state index < -0.39 is 0 Å². The fourth-order valence-corrected chi connectivity index (χ4v) is 4.27. The second-order valence-corrected chi connectivity index (χ2v) is 8.03. The summed E-state index contributed by atoms with van der Waals surface area (Å²) in [7, 11) is 0. The van der Waals surface area contributed by atoms with Crippen LogP contribution in [0.15, 0.2) is 71.8 Å². The van der Waals surface area contributed by atoms with Crippen LogP contribution in [0, 0.1) is 6.92 Å². The van der Waals surface area contributed by atoms with Crippen LogP contribution in [-0.2, 0) is 0 Å². The maximum atomic E-state index is 6.49.